The second-order valence-electron chi connectivity index (χ2n) is 7.59. The Kier molecular flexibility index (Phi) is 7.61. The van der Waals surface area contributed by atoms with E-state index in [1.54, 1.807) is 0 Å². The zero-order valence-corrected chi connectivity index (χ0v) is 18.9. The molecule has 1 aliphatic heterocycles. The van der Waals surface area contributed by atoms with Crippen molar-refractivity contribution in [2.24, 2.45) is 4.99 Å². The maximum absolute atomic E-state index is 13.8. The molecule has 0 aliphatic carbocycles. The minimum atomic E-state index is -0.631. The number of halogens is 3. The van der Waals surface area contributed by atoms with E-state index >= 15 is 0 Å². The van der Waals surface area contributed by atoms with Gasteiger partial charge >= 0.3 is 0 Å². The van der Waals surface area contributed by atoms with Crippen molar-refractivity contribution >= 4 is 21.8 Å². The van der Waals surface area contributed by atoms with E-state index in [0.717, 1.165) is 12.6 Å². The highest BCUT2D eigenvalue weighted by Crippen LogP contribution is 2.23. The van der Waals surface area contributed by atoms with Crippen LogP contribution in [0.4, 0.5) is 8.78 Å². The molecule has 4 nitrogen and oxygen atoms in total. The van der Waals surface area contributed by atoms with Crippen molar-refractivity contribution in [1.82, 2.24) is 10.2 Å². The monoisotopic (exact) mass is 477 g/mol. The van der Waals surface area contributed by atoms with Crippen LogP contribution in [0.5, 0.6) is 0 Å². The first-order valence-electron chi connectivity index (χ1n) is 9.91. The van der Waals surface area contributed by atoms with Gasteiger partial charge in [-0.1, -0.05) is 38.1 Å². The van der Waals surface area contributed by atoms with Crippen molar-refractivity contribution in [1.29, 1.82) is 0 Å². The summed E-state index contributed by atoms with van der Waals surface area (Å²) < 4.78 is 33.2. The molecule has 2 aromatic rings. The first kappa shape index (κ1) is 22.4. The van der Waals surface area contributed by atoms with Crippen LogP contribution in [-0.2, 0) is 24.4 Å². The van der Waals surface area contributed by atoms with Crippen LogP contribution < -0.4 is 5.32 Å². The second kappa shape index (κ2) is 10.2. The number of aliphatic imine (C=N–C) groups is 1. The molecule has 0 amide bonds. The highest BCUT2D eigenvalue weighted by atomic mass is 79.9. The predicted molar refractivity (Wildman–Crippen MR) is 119 cm³/mol. The summed E-state index contributed by atoms with van der Waals surface area (Å²) in [5.41, 5.74) is 2.71. The molecule has 1 heterocycles. The molecule has 1 aliphatic rings. The van der Waals surface area contributed by atoms with Crippen LogP contribution >= 0.6 is 15.9 Å². The summed E-state index contributed by atoms with van der Waals surface area (Å²) in [7, 11) is 0. The van der Waals surface area contributed by atoms with E-state index in [9.17, 15) is 8.78 Å². The normalized spacial score (nSPS) is 16.5. The summed E-state index contributed by atoms with van der Waals surface area (Å²) in [5, 5.41) is 3.41. The fourth-order valence-corrected chi connectivity index (χ4v) is 3.46. The van der Waals surface area contributed by atoms with Crippen molar-refractivity contribution in [3.63, 3.8) is 0 Å². The smallest absolute Gasteiger partial charge is 0.227 e. The first-order chi connectivity index (χ1) is 14.3. The van der Waals surface area contributed by atoms with Gasteiger partial charge in [0.15, 0.2) is 0 Å². The summed E-state index contributed by atoms with van der Waals surface area (Å²) in [5.74, 6) is -0.841. The molecule has 0 bridgehead atoms. The molecule has 160 valence electrons. The van der Waals surface area contributed by atoms with Gasteiger partial charge in [-0.05, 0) is 46.1 Å². The molecule has 1 N–H and O–H groups in total. The lowest BCUT2D eigenvalue weighted by Crippen LogP contribution is -2.32. The van der Waals surface area contributed by atoms with Gasteiger partial charge in [-0.15, -0.1) is 0 Å². The lowest BCUT2D eigenvalue weighted by atomic mass is 10.1. The average Bonchev–Trinajstić information content (AvgIpc) is 2.70. The zero-order chi connectivity index (χ0) is 21.7. The molecule has 7 heteroatoms. The third-order valence-corrected chi connectivity index (χ3v) is 5.29. The Morgan fingerprint density at radius 2 is 1.83 bits per heavy atom. The fraction of sp³-hybridized carbons (Fsp3) is 0.348. The maximum Gasteiger partial charge on any atom is 0.227 e. The summed E-state index contributed by atoms with van der Waals surface area (Å²) in [6.07, 6.45) is 1.80. The number of nitrogens with zero attached hydrogens (tertiary/aromatic N) is 2. The summed E-state index contributed by atoms with van der Waals surface area (Å²) in [6.45, 7) is 7.77. The number of ether oxygens (including phenoxy) is 1. The maximum atomic E-state index is 13.8. The standard InChI is InChI=1S/C23H26BrF2N3O/c1-15(2)27-11-17-4-6-18(7-5-17)12-29-13-21(24)23(28-16(29)3)30-14-19-8-9-20(25)10-22(19)26/h4-10,13,15-16,27H,11-12,14H2,1-3H3. The quantitative estimate of drug-likeness (QED) is 0.573. The molecule has 3 rings (SSSR count). The third-order valence-electron chi connectivity index (χ3n) is 4.75. The van der Waals surface area contributed by atoms with E-state index in [4.69, 9.17) is 4.74 Å². The van der Waals surface area contributed by atoms with Crippen molar-refractivity contribution in [3.05, 3.63) is 81.5 Å². The molecule has 0 spiro atoms. The zero-order valence-electron chi connectivity index (χ0n) is 17.3. The van der Waals surface area contributed by atoms with Crippen molar-refractivity contribution < 1.29 is 13.5 Å². The van der Waals surface area contributed by atoms with Gasteiger partial charge in [0.1, 0.15) is 24.4 Å². The van der Waals surface area contributed by atoms with Crippen LogP contribution in [0.3, 0.4) is 0 Å². The van der Waals surface area contributed by atoms with Gasteiger partial charge in [0, 0.05) is 37.0 Å². The van der Waals surface area contributed by atoms with Crippen LogP contribution in [0.25, 0.3) is 0 Å². The number of rotatable bonds is 7. The van der Waals surface area contributed by atoms with E-state index in [-0.39, 0.29) is 18.3 Å². The fourth-order valence-electron chi connectivity index (χ4n) is 2.98. The highest BCUT2D eigenvalue weighted by Gasteiger charge is 2.21. The van der Waals surface area contributed by atoms with Gasteiger partial charge in [-0.25, -0.2) is 13.8 Å². The number of hydrogen-bond donors (Lipinski definition) is 1. The topological polar surface area (TPSA) is 36.9 Å². The lowest BCUT2D eigenvalue weighted by Gasteiger charge is -2.30. The molecule has 30 heavy (non-hydrogen) atoms. The Labute approximate surface area is 184 Å². The van der Waals surface area contributed by atoms with Crippen molar-refractivity contribution in [2.75, 3.05) is 0 Å². The molecule has 0 saturated carbocycles. The van der Waals surface area contributed by atoms with Crippen LogP contribution in [0.15, 0.2) is 58.1 Å². The van der Waals surface area contributed by atoms with Crippen LogP contribution in [-0.4, -0.2) is 23.0 Å². The average molecular weight is 478 g/mol. The first-order valence-corrected chi connectivity index (χ1v) is 10.7. The number of nitrogens with one attached hydrogen (secondary N) is 1. The van der Waals surface area contributed by atoms with Gasteiger partial charge in [0.05, 0.1) is 4.48 Å². The number of hydrogen-bond acceptors (Lipinski definition) is 4. The molecular weight excluding hydrogens is 452 g/mol. The van der Waals surface area contributed by atoms with E-state index in [0.29, 0.717) is 23.0 Å². The summed E-state index contributed by atoms with van der Waals surface area (Å²) in [4.78, 5) is 6.66. The molecule has 1 unspecified atom stereocenters. The SMILES string of the molecule is CC(C)NCc1ccc(CN2C=C(Br)C(OCc3ccc(F)cc3F)=NC2C)cc1. The Morgan fingerprint density at radius 1 is 1.13 bits per heavy atom. The lowest BCUT2D eigenvalue weighted by molar-refractivity contribution is 0.250. The second-order valence-corrected chi connectivity index (χ2v) is 8.45. The summed E-state index contributed by atoms with van der Waals surface area (Å²) in [6, 6.07) is 12.4. The van der Waals surface area contributed by atoms with E-state index in [1.165, 1.54) is 23.3 Å². The molecular formula is C23H26BrF2N3O. The van der Waals surface area contributed by atoms with Gasteiger partial charge in [-0.3, -0.25) is 0 Å². The van der Waals surface area contributed by atoms with Gasteiger partial charge in [0.2, 0.25) is 5.90 Å². The minimum absolute atomic E-state index is 0.0213. The van der Waals surface area contributed by atoms with Crippen molar-refractivity contribution in [3.8, 4) is 0 Å². The molecule has 0 radical (unpaired) electrons. The molecule has 1 atom stereocenters. The van der Waals surface area contributed by atoms with E-state index in [2.05, 4.69) is 69.3 Å². The van der Waals surface area contributed by atoms with Gasteiger partial charge in [0.25, 0.3) is 0 Å². The number of benzene rings is 2. The molecule has 0 aromatic heterocycles. The highest BCUT2D eigenvalue weighted by molar-refractivity contribution is 9.12. The largest absolute Gasteiger partial charge is 0.472 e. The van der Waals surface area contributed by atoms with Gasteiger partial charge in [-0.2, -0.15) is 0 Å². The Bertz CT molecular complexity index is 929. The van der Waals surface area contributed by atoms with E-state index in [1.807, 2.05) is 13.1 Å². The summed E-state index contributed by atoms with van der Waals surface area (Å²) >= 11 is 3.49. The van der Waals surface area contributed by atoms with E-state index < -0.39 is 11.6 Å². The Balaban J connectivity index is 1.58. The minimum Gasteiger partial charge on any atom is -0.472 e. The molecule has 0 fully saturated rings. The Morgan fingerprint density at radius 3 is 2.50 bits per heavy atom. The van der Waals surface area contributed by atoms with Crippen LogP contribution in [0.2, 0.25) is 0 Å². The predicted octanol–water partition coefficient (Wildman–Crippen LogP) is 5.48. The van der Waals surface area contributed by atoms with Gasteiger partial charge < -0.3 is 15.0 Å². The van der Waals surface area contributed by atoms with Crippen LogP contribution in [0.1, 0.15) is 37.5 Å². The van der Waals surface area contributed by atoms with Crippen LogP contribution in [0, 0.1) is 11.6 Å². The Hall–Kier alpha value is -2.25. The third kappa shape index (κ3) is 6.12. The van der Waals surface area contributed by atoms with Crippen molar-refractivity contribution in [2.45, 2.75) is 52.7 Å². The molecule has 2 aromatic carbocycles. The molecule has 0 saturated heterocycles.